The average molecular weight is 390 g/mol. The molecule has 7 heteroatoms. The molecule has 0 bridgehead atoms. The fourth-order valence-electron chi connectivity index (χ4n) is 1.85. The molecule has 0 saturated heterocycles. The fraction of sp³-hybridized carbons (Fsp3) is 0.143. The van der Waals surface area contributed by atoms with Gasteiger partial charge in [0.1, 0.15) is 0 Å². The summed E-state index contributed by atoms with van der Waals surface area (Å²) in [5.74, 6) is 0. The molecule has 0 radical (unpaired) electrons. The maximum Gasteiger partial charge on any atom is 0.274 e. The van der Waals surface area contributed by atoms with Crippen LogP contribution in [0.2, 0.25) is 10.0 Å². The van der Waals surface area contributed by atoms with Crippen LogP contribution in [-0.2, 0) is 6.54 Å². The molecule has 0 spiro atoms. The second-order valence-electron chi connectivity index (χ2n) is 4.46. The van der Waals surface area contributed by atoms with Crippen LogP contribution in [-0.4, -0.2) is 4.92 Å². The quantitative estimate of drug-likeness (QED) is 0.548. The molecular formula is C14H11BrCl2N2O2. The van der Waals surface area contributed by atoms with Gasteiger partial charge >= 0.3 is 0 Å². The minimum absolute atomic E-state index is 0.0721. The lowest BCUT2D eigenvalue weighted by Crippen LogP contribution is -2.02. The molecule has 0 fully saturated rings. The van der Waals surface area contributed by atoms with Crippen LogP contribution in [0.15, 0.2) is 34.8 Å². The summed E-state index contributed by atoms with van der Waals surface area (Å²) >= 11 is 15.3. The molecule has 0 aliphatic heterocycles. The highest BCUT2D eigenvalue weighted by Gasteiger charge is 2.14. The smallest absolute Gasteiger partial charge is 0.274 e. The first-order valence-electron chi connectivity index (χ1n) is 6.01. The SMILES string of the molecule is Cc1cc(Br)c(NCc2ccc(Cl)cc2Cl)cc1[N+](=O)[O-]. The van der Waals surface area contributed by atoms with Crippen molar-refractivity contribution >= 4 is 50.5 Å². The molecule has 0 heterocycles. The fourth-order valence-corrected chi connectivity index (χ4v) is 2.92. The van der Waals surface area contributed by atoms with E-state index in [1.807, 2.05) is 6.07 Å². The largest absolute Gasteiger partial charge is 0.380 e. The molecule has 0 amide bonds. The van der Waals surface area contributed by atoms with Crippen molar-refractivity contribution in [1.82, 2.24) is 0 Å². The topological polar surface area (TPSA) is 55.2 Å². The second-order valence-corrected chi connectivity index (χ2v) is 6.16. The van der Waals surface area contributed by atoms with Crippen molar-refractivity contribution in [2.75, 3.05) is 5.32 Å². The Morgan fingerprint density at radius 2 is 2.00 bits per heavy atom. The number of halogens is 3. The van der Waals surface area contributed by atoms with Crippen LogP contribution in [0.4, 0.5) is 11.4 Å². The Hall–Kier alpha value is -1.30. The first-order chi connectivity index (χ1) is 9.88. The molecule has 0 atom stereocenters. The summed E-state index contributed by atoms with van der Waals surface area (Å²) in [4.78, 5) is 10.6. The van der Waals surface area contributed by atoms with Gasteiger partial charge in [-0.05, 0) is 46.6 Å². The third kappa shape index (κ3) is 3.87. The van der Waals surface area contributed by atoms with E-state index in [4.69, 9.17) is 23.2 Å². The van der Waals surface area contributed by atoms with Crippen LogP contribution >= 0.6 is 39.1 Å². The van der Waals surface area contributed by atoms with E-state index < -0.39 is 4.92 Å². The minimum atomic E-state index is -0.401. The number of aryl methyl sites for hydroxylation is 1. The molecule has 1 N–H and O–H groups in total. The van der Waals surface area contributed by atoms with Crippen LogP contribution in [0.3, 0.4) is 0 Å². The Morgan fingerprint density at radius 1 is 1.29 bits per heavy atom. The number of nitro groups is 1. The number of rotatable bonds is 4. The molecule has 21 heavy (non-hydrogen) atoms. The maximum atomic E-state index is 11.0. The van der Waals surface area contributed by atoms with E-state index in [1.165, 1.54) is 6.07 Å². The van der Waals surface area contributed by atoms with Crippen LogP contribution in [0.1, 0.15) is 11.1 Å². The summed E-state index contributed by atoms with van der Waals surface area (Å²) in [6, 6.07) is 8.44. The lowest BCUT2D eigenvalue weighted by molar-refractivity contribution is -0.385. The second kappa shape index (κ2) is 6.64. The molecule has 2 aromatic rings. The highest BCUT2D eigenvalue weighted by atomic mass is 79.9. The van der Waals surface area contributed by atoms with Gasteiger partial charge in [0.25, 0.3) is 5.69 Å². The van der Waals surface area contributed by atoms with Crippen molar-refractivity contribution in [2.45, 2.75) is 13.5 Å². The average Bonchev–Trinajstić information content (AvgIpc) is 2.39. The zero-order valence-corrected chi connectivity index (χ0v) is 14.1. The number of anilines is 1. The molecule has 0 aromatic heterocycles. The molecule has 110 valence electrons. The number of benzene rings is 2. The van der Waals surface area contributed by atoms with Gasteiger partial charge in [-0.3, -0.25) is 10.1 Å². The summed E-state index contributed by atoms with van der Waals surface area (Å²) in [5, 5.41) is 15.2. The zero-order valence-electron chi connectivity index (χ0n) is 11.0. The van der Waals surface area contributed by atoms with Crippen LogP contribution < -0.4 is 5.32 Å². The van der Waals surface area contributed by atoms with Crippen molar-refractivity contribution in [3.05, 3.63) is 66.1 Å². The number of hydrogen-bond donors (Lipinski definition) is 1. The van der Waals surface area contributed by atoms with Gasteiger partial charge in [-0.2, -0.15) is 0 Å². The number of nitro benzene ring substituents is 1. The van der Waals surface area contributed by atoms with Gasteiger partial charge in [-0.15, -0.1) is 0 Å². The Kier molecular flexibility index (Phi) is 5.08. The van der Waals surface area contributed by atoms with E-state index in [1.54, 1.807) is 25.1 Å². The molecule has 0 saturated carbocycles. The molecule has 4 nitrogen and oxygen atoms in total. The first kappa shape index (κ1) is 16.1. The first-order valence-corrected chi connectivity index (χ1v) is 7.55. The van der Waals surface area contributed by atoms with Crippen LogP contribution in [0.5, 0.6) is 0 Å². The molecular weight excluding hydrogens is 379 g/mol. The lowest BCUT2D eigenvalue weighted by atomic mass is 10.1. The van der Waals surface area contributed by atoms with Gasteiger partial charge in [-0.1, -0.05) is 29.3 Å². The predicted molar refractivity (Wildman–Crippen MR) is 89.3 cm³/mol. The number of nitrogens with one attached hydrogen (secondary N) is 1. The van der Waals surface area contributed by atoms with Gasteiger partial charge in [-0.25, -0.2) is 0 Å². The summed E-state index contributed by atoms with van der Waals surface area (Å²) in [7, 11) is 0. The molecule has 0 unspecified atom stereocenters. The van der Waals surface area contributed by atoms with E-state index >= 15 is 0 Å². The predicted octanol–water partition coefficient (Wildman–Crippen LogP) is 5.58. The normalized spacial score (nSPS) is 10.5. The molecule has 0 aliphatic carbocycles. The monoisotopic (exact) mass is 388 g/mol. The zero-order chi connectivity index (χ0) is 15.6. The highest BCUT2D eigenvalue weighted by molar-refractivity contribution is 9.10. The standard InChI is InChI=1S/C14H11BrCl2N2O2/c1-8-4-11(15)13(6-14(8)19(20)21)18-7-9-2-3-10(16)5-12(9)17/h2-6,18H,7H2,1H3. The van der Waals surface area contributed by atoms with Crippen LogP contribution in [0, 0.1) is 17.0 Å². The van der Waals surface area contributed by atoms with Crippen molar-refractivity contribution in [2.24, 2.45) is 0 Å². The summed E-state index contributed by atoms with van der Waals surface area (Å²) in [6.07, 6.45) is 0. The molecule has 0 aliphatic rings. The van der Waals surface area contributed by atoms with Gasteiger partial charge in [0.05, 0.1) is 10.6 Å². The molecule has 2 rings (SSSR count). The minimum Gasteiger partial charge on any atom is -0.380 e. The lowest BCUT2D eigenvalue weighted by Gasteiger charge is -2.11. The van der Waals surface area contributed by atoms with Gasteiger partial charge in [0, 0.05) is 32.7 Å². The van der Waals surface area contributed by atoms with E-state index in [2.05, 4.69) is 21.2 Å². The van der Waals surface area contributed by atoms with Gasteiger partial charge < -0.3 is 5.32 Å². The van der Waals surface area contributed by atoms with Crippen molar-refractivity contribution in [3.8, 4) is 0 Å². The highest BCUT2D eigenvalue weighted by Crippen LogP contribution is 2.31. The van der Waals surface area contributed by atoms with Crippen molar-refractivity contribution < 1.29 is 4.92 Å². The van der Waals surface area contributed by atoms with Gasteiger partial charge in [0.15, 0.2) is 0 Å². The van der Waals surface area contributed by atoms with E-state index in [0.29, 0.717) is 27.8 Å². The van der Waals surface area contributed by atoms with Crippen molar-refractivity contribution in [3.63, 3.8) is 0 Å². The van der Waals surface area contributed by atoms with Gasteiger partial charge in [0.2, 0.25) is 0 Å². The Labute approximate surface area is 140 Å². The maximum absolute atomic E-state index is 11.0. The Balaban J connectivity index is 2.23. The third-order valence-corrected chi connectivity index (χ3v) is 4.21. The van der Waals surface area contributed by atoms with E-state index in [0.717, 1.165) is 10.0 Å². The third-order valence-electron chi connectivity index (χ3n) is 2.97. The van der Waals surface area contributed by atoms with Crippen LogP contribution in [0.25, 0.3) is 0 Å². The van der Waals surface area contributed by atoms with E-state index in [9.17, 15) is 10.1 Å². The summed E-state index contributed by atoms with van der Waals surface area (Å²) < 4.78 is 0.760. The van der Waals surface area contributed by atoms with Crippen molar-refractivity contribution in [1.29, 1.82) is 0 Å². The summed E-state index contributed by atoms with van der Waals surface area (Å²) in [6.45, 7) is 2.14. The number of hydrogen-bond acceptors (Lipinski definition) is 3. The molecule has 2 aromatic carbocycles. The Morgan fingerprint density at radius 3 is 2.62 bits per heavy atom. The van der Waals surface area contributed by atoms with E-state index in [-0.39, 0.29) is 5.69 Å². The number of nitrogens with zero attached hydrogens (tertiary/aromatic N) is 1. The summed E-state index contributed by atoms with van der Waals surface area (Å²) in [5.41, 5.74) is 2.17. The Bertz CT molecular complexity index is 708.